The van der Waals surface area contributed by atoms with Crippen LogP contribution in [0.4, 0.5) is 5.95 Å². The van der Waals surface area contributed by atoms with Crippen LogP contribution < -0.4 is 5.43 Å². The average Bonchev–Trinajstić information content (AvgIpc) is 2.76. The fourth-order valence-electron chi connectivity index (χ4n) is 3.34. The van der Waals surface area contributed by atoms with Gasteiger partial charge in [-0.05, 0) is 42.7 Å². The fourth-order valence-corrected chi connectivity index (χ4v) is 3.34. The molecular weight excluding hydrogens is 248 g/mol. The molecule has 1 fully saturated rings. The van der Waals surface area contributed by atoms with Gasteiger partial charge in [0.25, 0.3) is 0 Å². The fraction of sp³-hybridized carbons (Fsp3) is 0.500. The Hall–Kier alpha value is -1.84. The smallest absolute Gasteiger partial charge is 0.222 e. The summed E-state index contributed by atoms with van der Waals surface area (Å²) in [5, 5.41) is 4.57. The highest BCUT2D eigenvalue weighted by atomic mass is 15.4. The van der Waals surface area contributed by atoms with Crippen molar-refractivity contribution in [3.05, 3.63) is 24.3 Å². The molecule has 1 aliphatic rings. The lowest BCUT2D eigenvalue weighted by atomic mass is 9.72. The predicted molar refractivity (Wildman–Crippen MR) is 83.9 cm³/mol. The summed E-state index contributed by atoms with van der Waals surface area (Å²) in [4.78, 5) is 7.72. The van der Waals surface area contributed by atoms with Crippen molar-refractivity contribution in [3.8, 4) is 0 Å². The molecule has 3 rings (SSSR count). The van der Waals surface area contributed by atoms with Crippen molar-refractivity contribution in [3.63, 3.8) is 0 Å². The molecule has 1 atom stereocenters. The lowest BCUT2D eigenvalue weighted by Gasteiger charge is -2.34. The minimum absolute atomic E-state index is 0.353. The van der Waals surface area contributed by atoms with Crippen molar-refractivity contribution in [1.29, 1.82) is 0 Å². The third-order valence-electron chi connectivity index (χ3n) is 3.88. The van der Waals surface area contributed by atoms with E-state index < -0.39 is 0 Å². The molecule has 2 N–H and O–H groups in total. The molecule has 1 aromatic carbocycles. The second-order valence-electron chi connectivity index (χ2n) is 6.75. The summed E-state index contributed by atoms with van der Waals surface area (Å²) in [6.45, 7) is 6.94. The topological polar surface area (TPSA) is 53.1 Å². The van der Waals surface area contributed by atoms with Crippen LogP contribution in [0.15, 0.2) is 29.4 Å². The van der Waals surface area contributed by atoms with Crippen molar-refractivity contribution < 1.29 is 0 Å². The molecule has 0 spiro atoms. The highest BCUT2D eigenvalue weighted by molar-refractivity contribution is 5.86. The molecule has 1 aliphatic carbocycles. The Morgan fingerprint density at radius 1 is 1.35 bits per heavy atom. The number of nitrogens with one attached hydrogen (secondary N) is 2. The number of H-pyrrole nitrogens is 1. The number of anilines is 1. The highest BCUT2D eigenvalue weighted by Crippen LogP contribution is 2.37. The van der Waals surface area contributed by atoms with Gasteiger partial charge < -0.3 is 4.98 Å². The van der Waals surface area contributed by atoms with E-state index in [9.17, 15) is 0 Å². The maximum Gasteiger partial charge on any atom is 0.222 e. The second kappa shape index (κ2) is 4.93. The van der Waals surface area contributed by atoms with Gasteiger partial charge in [0.05, 0.1) is 11.0 Å². The van der Waals surface area contributed by atoms with Crippen LogP contribution in [0.3, 0.4) is 0 Å². The number of rotatable bonds is 2. The quantitative estimate of drug-likeness (QED) is 0.804. The number of fused-ring (bicyclic) bond motifs is 1. The Morgan fingerprint density at radius 2 is 2.15 bits per heavy atom. The third-order valence-corrected chi connectivity index (χ3v) is 3.88. The summed E-state index contributed by atoms with van der Waals surface area (Å²) in [7, 11) is 0. The minimum atomic E-state index is 0.353. The van der Waals surface area contributed by atoms with Crippen LogP contribution in [0, 0.1) is 11.3 Å². The number of nitrogens with zero attached hydrogens (tertiary/aromatic N) is 2. The molecule has 1 aromatic heterocycles. The first kappa shape index (κ1) is 13.2. The minimum Gasteiger partial charge on any atom is -0.323 e. The van der Waals surface area contributed by atoms with E-state index in [0.29, 0.717) is 11.3 Å². The van der Waals surface area contributed by atoms with Gasteiger partial charge in [0, 0.05) is 5.71 Å². The van der Waals surface area contributed by atoms with E-state index in [2.05, 4.69) is 41.3 Å². The van der Waals surface area contributed by atoms with Gasteiger partial charge in [0.2, 0.25) is 5.95 Å². The maximum absolute atomic E-state index is 4.57. The standard InChI is InChI=1S/C16H22N4/c1-11-8-12(10-16(2,3)9-11)19-20-15-17-13-6-4-5-7-14(13)18-15/h4-7,11H,8-10H2,1-3H3,(H2,17,18,20). The van der Waals surface area contributed by atoms with Gasteiger partial charge in [0.1, 0.15) is 0 Å². The predicted octanol–water partition coefficient (Wildman–Crippen LogP) is 4.18. The van der Waals surface area contributed by atoms with Crippen LogP contribution >= 0.6 is 0 Å². The SMILES string of the molecule is CC1CC(=NNc2nc3ccccc3[nH]2)CC(C)(C)C1. The third kappa shape index (κ3) is 2.84. The lowest BCUT2D eigenvalue weighted by Crippen LogP contribution is -2.28. The first-order valence-corrected chi connectivity index (χ1v) is 7.28. The molecule has 4 heteroatoms. The molecule has 0 bridgehead atoms. The van der Waals surface area contributed by atoms with Crippen molar-refractivity contribution in [2.24, 2.45) is 16.4 Å². The van der Waals surface area contributed by atoms with E-state index in [-0.39, 0.29) is 0 Å². The lowest BCUT2D eigenvalue weighted by molar-refractivity contribution is 0.266. The van der Waals surface area contributed by atoms with Crippen molar-refractivity contribution in [2.45, 2.75) is 40.0 Å². The van der Waals surface area contributed by atoms with E-state index in [1.165, 1.54) is 12.1 Å². The molecule has 1 saturated carbocycles. The Labute approximate surface area is 119 Å². The van der Waals surface area contributed by atoms with E-state index in [1.807, 2.05) is 24.3 Å². The van der Waals surface area contributed by atoms with Crippen molar-refractivity contribution in [1.82, 2.24) is 9.97 Å². The molecule has 20 heavy (non-hydrogen) atoms. The van der Waals surface area contributed by atoms with Crippen LogP contribution in [0.25, 0.3) is 11.0 Å². The second-order valence-corrected chi connectivity index (χ2v) is 6.75. The molecule has 2 aromatic rings. The van der Waals surface area contributed by atoms with Gasteiger partial charge in [-0.25, -0.2) is 10.4 Å². The van der Waals surface area contributed by atoms with E-state index >= 15 is 0 Å². The number of hydrogen-bond donors (Lipinski definition) is 2. The first-order chi connectivity index (χ1) is 9.52. The van der Waals surface area contributed by atoms with Crippen LogP contribution in [-0.4, -0.2) is 15.7 Å². The van der Waals surface area contributed by atoms with Crippen LogP contribution in [0.5, 0.6) is 0 Å². The normalized spacial score (nSPS) is 24.1. The number of imidazole rings is 1. The van der Waals surface area contributed by atoms with E-state index in [4.69, 9.17) is 0 Å². The molecule has 0 aliphatic heterocycles. The van der Waals surface area contributed by atoms with Gasteiger partial charge in [-0.15, -0.1) is 0 Å². The number of benzene rings is 1. The monoisotopic (exact) mass is 270 g/mol. The Morgan fingerprint density at radius 3 is 2.90 bits per heavy atom. The Balaban J connectivity index is 1.76. The highest BCUT2D eigenvalue weighted by Gasteiger charge is 2.29. The molecule has 0 radical (unpaired) electrons. The zero-order valence-electron chi connectivity index (χ0n) is 12.4. The average molecular weight is 270 g/mol. The Kier molecular flexibility index (Phi) is 3.24. The van der Waals surface area contributed by atoms with Gasteiger partial charge in [0.15, 0.2) is 0 Å². The number of aromatic nitrogens is 2. The van der Waals surface area contributed by atoms with Crippen LogP contribution in [0.1, 0.15) is 40.0 Å². The molecule has 0 amide bonds. The molecule has 1 heterocycles. The summed E-state index contributed by atoms with van der Waals surface area (Å²) in [6, 6.07) is 8.01. The largest absolute Gasteiger partial charge is 0.323 e. The number of hydrazone groups is 1. The zero-order valence-corrected chi connectivity index (χ0v) is 12.4. The first-order valence-electron chi connectivity index (χ1n) is 7.28. The van der Waals surface area contributed by atoms with Gasteiger partial charge in [-0.3, -0.25) is 0 Å². The molecule has 106 valence electrons. The molecule has 1 unspecified atom stereocenters. The van der Waals surface area contributed by atoms with Crippen LogP contribution in [-0.2, 0) is 0 Å². The van der Waals surface area contributed by atoms with E-state index in [0.717, 1.165) is 29.8 Å². The maximum atomic E-state index is 4.57. The van der Waals surface area contributed by atoms with Gasteiger partial charge >= 0.3 is 0 Å². The molecular formula is C16H22N4. The van der Waals surface area contributed by atoms with E-state index in [1.54, 1.807) is 0 Å². The number of aromatic amines is 1. The number of hydrogen-bond acceptors (Lipinski definition) is 3. The molecule has 4 nitrogen and oxygen atoms in total. The molecule has 0 saturated heterocycles. The number of para-hydroxylation sites is 2. The summed E-state index contributed by atoms with van der Waals surface area (Å²) in [6.07, 6.45) is 3.41. The zero-order chi connectivity index (χ0) is 14.2. The van der Waals surface area contributed by atoms with Crippen LogP contribution in [0.2, 0.25) is 0 Å². The summed E-state index contributed by atoms with van der Waals surface area (Å²) >= 11 is 0. The van der Waals surface area contributed by atoms with Crippen molar-refractivity contribution >= 4 is 22.7 Å². The summed E-state index contributed by atoms with van der Waals surface area (Å²) in [5.74, 6) is 1.42. The van der Waals surface area contributed by atoms with Crippen molar-refractivity contribution in [2.75, 3.05) is 5.43 Å². The summed E-state index contributed by atoms with van der Waals surface area (Å²) < 4.78 is 0. The van der Waals surface area contributed by atoms with Gasteiger partial charge in [-0.2, -0.15) is 5.10 Å². The summed E-state index contributed by atoms with van der Waals surface area (Å²) in [5.41, 5.74) is 6.68. The van der Waals surface area contributed by atoms with Gasteiger partial charge in [-0.1, -0.05) is 32.9 Å². The Bertz CT molecular complexity index is 606.